The Morgan fingerprint density at radius 1 is 1.12 bits per heavy atom. The van der Waals surface area contributed by atoms with Crippen LogP contribution in [0.4, 0.5) is 11.6 Å². The van der Waals surface area contributed by atoms with E-state index in [2.05, 4.69) is 31.2 Å². The lowest BCUT2D eigenvalue weighted by atomic mass is 10.1. The molecule has 8 heteroatoms. The Morgan fingerprint density at radius 2 is 1.92 bits per heavy atom. The quantitative estimate of drug-likeness (QED) is 0.636. The molecule has 8 nitrogen and oxygen atoms in total. The molecule has 0 saturated carbocycles. The number of hydrogen-bond donors (Lipinski definition) is 3. The van der Waals surface area contributed by atoms with Gasteiger partial charge in [-0.2, -0.15) is 5.10 Å². The highest BCUT2D eigenvalue weighted by atomic mass is 16.1. The molecule has 3 rings (SSSR count). The summed E-state index contributed by atoms with van der Waals surface area (Å²) >= 11 is 0. The Kier molecular flexibility index (Phi) is 4.03. The summed E-state index contributed by atoms with van der Waals surface area (Å²) in [7, 11) is 0. The smallest absolute Gasteiger partial charge is 0.257 e. The molecule has 24 heavy (non-hydrogen) atoms. The summed E-state index contributed by atoms with van der Waals surface area (Å²) < 4.78 is 1.56. The lowest BCUT2D eigenvalue weighted by molar-refractivity contribution is 0.0921. The van der Waals surface area contributed by atoms with Crippen molar-refractivity contribution in [2.45, 2.75) is 26.3 Å². The first-order chi connectivity index (χ1) is 11.4. The number of hydrazine groups is 1. The molecule has 3 aromatic heterocycles. The number of hydrogen-bond acceptors (Lipinski definition) is 6. The number of aromatic nitrogens is 4. The third kappa shape index (κ3) is 3.60. The molecule has 3 heterocycles. The molecule has 0 unspecified atom stereocenters. The SMILES string of the molecule is CC(C)(C)NC(=O)c1cnn2ccc(NNc3ccccn3)nc12. The van der Waals surface area contributed by atoms with Crippen LogP contribution in [0.25, 0.3) is 5.65 Å². The van der Waals surface area contributed by atoms with Crippen molar-refractivity contribution < 1.29 is 4.79 Å². The van der Waals surface area contributed by atoms with Gasteiger partial charge >= 0.3 is 0 Å². The van der Waals surface area contributed by atoms with Crippen LogP contribution < -0.4 is 16.2 Å². The average molecular weight is 325 g/mol. The number of carbonyl (C=O) groups is 1. The van der Waals surface area contributed by atoms with Gasteiger partial charge in [0.15, 0.2) is 5.65 Å². The van der Waals surface area contributed by atoms with Gasteiger partial charge in [-0.05, 0) is 32.9 Å². The van der Waals surface area contributed by atoms with E-state index in [4.69, 9.17) is 0 Å². The monoisotopic (exact) mass is 325 g/mol. The van der Waals surface area contributed by atoms with Crippen LogP contribution >= 0.6 is 0 Å². The van der Waals surface area contributed by atoms with Crippen molar-refractivity contribution in [3.8, 4) is 0 Å². The van der Waals surface area contributed by atoms with Crippen molar-refractivity contribution in [3.63, 3.8) is 0 Å². The zero-order chi connectivity index (χ0) is 17.2. The van der Waals surface area contributed by atoms with Crippen molar-refractivity contribution in [3.05, 3.63) is 48.4 Å². The van der Waals surface area contributed by atoms with Crippen LogP contribution in [-0.4, -0.2) is 31.0 Å². The number of rotatable bonds is 4. The first-order valence-corrected chi connectivity index (χ1v) is 7.52. The average Bonchev–Trinajstić information content (AvgIpc) is 2.95. The second kappa shape index (κ2) is 6.15. The molecule has 0 aliphatic carbocycles. The zero-order valence-corrected chi connectivity index (χ0v) is 13.7. The number of carbonyl (C=O) groups excluding carboxylic acids is 1. The van der Waals surface area contributed by atoms with Gasteiger partial charge in [0.25, 0.3) is 5.91 Å². The molecule has 0 spiro atoms. The minimum absolute atomic E-state index is 0.208. The highest BCUT2D eigenvalue weighted by Crippen LogP contribution is 2.13. The van der Waals surface area contributed by atoms with E-state index in [1.807, 2.05) is 39.0 Å². The maximum atomic E-state index is 12.4. The van der Waals surface area contributed by atoms with Crippen LogP contribution in [-0.2, 0) is 0 Å². The molecule has 124 valence electrons. The zero-order valence-electron chi connectivity index (χ0n) is 13.7. The molecule has 0 aliphatic rings. The fraction of sp³-hybridized carbons (Fsp3) is 0.250. The van der Waals surface area contributed by atoms with E-state index in [-0.39, 0.29) is 11.4 Å². The van der Waals surface area contributed by atoms with E-state index >= 15 is 0 Å². The van der Waals surface area contributed by atoms with Gasteiger partial charge in [0, 0.05) is 24.0 Å². The maximum Gasteiger partial charge on any atom is 0.257 e. The van der Waals surface area contributed by atoms with Gasteiger partial charge in [-0.3, -0.25) is 15.6 Å². The number of nitrogens with zero attached hydrogens (tertiary/aromatic N) is 4. The van der Waals surface area contributed by atoms with Crippen molar-refractivity contribution in [2.75, 3.05) is 10.9 Å². The summed E-state index contributed by atoms with van der Waals surface area (Å²) in [6.45, 7) is 5.77. The van der Waals surface area contributed by atoms with Crippen molar-refractivity contribution in [2.24, 2.45) is 0 Å². The summed E-state index contributed by atoms with van der Waals surface area (Å²) in [6, 6.07) is 7.29. The normalized spacial score (nSPS) is 11.3. The Bertz CT molecular complexity index is 852. The van der Waals surface area contributed by atoms with Gasteiger partial charge in [-0.15, -0.1) is 0 Å². The molecule has 0 saturated heterocycles. The van der Waals surface area contributed by atoms with Gasteiger partial charge in [0.05, 0.1) is 6.20 Å². The second-order valence-electron chi connectivity index (χ2n) is 6.31. The van der Waals surface area contributed by atoms with Crippen LogP contribution in [0.2, 0.25) is 0 Å². The van der Waals surface area contributed by atoms with E-state index in [1.54, 1.807) is 23.0 Å². The van der Waals surface area contributed by atoms with Crippen LogP contribution in [0.1, 0.15) is 31.1 Å². The summed E-state index contributed by atoms with van der Waals surface area (Å²) in [5.74, 6) is 1.01. The summed E-state index contributed by atoms with van der Waals surface area (Å²) in [5, 5.41) is 7.07. The predicted octanol–water partition coefficient (Wildman–Crippen LogP) is 2.09. The molecule has 0 aromatic carbocycles. The highest BCUT2D eigenvalue weighted by Gasteiger charge is 2.19. The Morgan fingerprint density at radius 3 is 2.62 bits per heavy atom. The lowest BCUT2D eigenvalue weighted by Gasteiger charge is -2.19. The van der Waals surface area contributed by atoms with Crippen molar-refractivity contribution >= 4 is 23.2 Å². The van der Waals surface area contributed by atoms with E-state index in [9.17, 15) is 4.79 Å². The van der Waals surface area contributed by atoms with Crippen LogP contribution in [0, 0.1) is 0 Å². The lowest BCUT2D eigenvalue weighted by Crippen LogP contribution is -2.40. The molecule has 0 bridgehead atoms. The molecule has 3 aromatic rings. The molecule has 0 aliphatic heterocycles. The first kappa shape index (κ1) is 15.7. The third-order valence-electron chi connectivity index (χ3n) is 3.09. The molecule has 0 fully saturated rings. The number of amides is 1. The molecule has 3 N–H and O–H groups in total. The van der Waals surface area contributed by atoms with Gasteiger partial charge in [0.2, 0.25) is 0 Å². The number of pyridine rings is 1. The maximum absolute atomic E-state index is 12.4. The molecule has 0 atom stereocenters. The van der Waals surface area contributed by atoms with Gasteiger partial charge < -0.3 is 5.32 Å². The van der Waals surface area contributed by atoms with Crippen molar-refractivity contribution in [1.82, 2.24) is 24.9 Å². The largest absolute Gasteiger partial charge is 0.347 e. The molecule has 1 amide bonds. The summed E-state index contributed by atoms with van der Waals surface area (Å²) in [6.07, 6.45) is 4.94. The van der Waals surface area contributed by atoms with Gasteiger partial charge in [0.1, 0.15) is 17.2 Å². The van der Waals surface area contributed by atoms with E-state index in [0.717, 1.165) is 0 Å². The predicted molar refractivity (Wildman–Crippen MR) is 91.7 cm³/mol. The summed E-state index contributed by atoms with van der Waals surface area (Å²) in [4.78, 5) is 21.0. The summed E-state index contributed by atoms with van der Waals surface area (Å²) in [5.41, 5.74) is 6.48. The third-order valence-corrected chi connectivity index (χ3v) is 3.09. The second-order valence-corrected chi connectivity index (χ2v) is 6.31. The molecule has 0 radical (unpaired) electrons. The minimum atomic E-state index is -0.332. The number of fused-ring (bicyclic) bond motifs is 1. The topological polar surface area (TPSA) is 96.2 Å². The number of nitrogens with one attached hydrogen (secondary N) is 3. The van der Waals surface area contributed by atoms with Crippen LogP contribution in [0.5, 0.6) is 0 Å². The van der Waals surface area contributed by atoms with E-state index < -0.39 is 0 Å². The van der Waals surface area contributed by atoms with E-state index in [1.165, 1.54) is 6.20 Å². The minimum Gasteiger partial charge on any atom is -0.347 e. The first-order valence-electron chi connectivity index (χ1n) is 7.52. The van der Waals surface area contributed by atoms with Crippen molar-refractivity contribution in [1.29, 1.82) is 0 Å². The van der Waals surface area contributed by atoms with E-state index in [0.29, 0.717) is 22.8 Å². The molecular formula is C16H19N7O. The Balaban J connectivity index is 1.82. The standard InChI is InChI=1S/C16H19N7O/c1-16(2,3)20-15(24)11-10-18-23-9-7-13(19-14(11)23)22-21-12-6-4-5-8-17-12/h4-10H,1-3H3,(H,17,21)(H,19,22)(H,20,24). The highest BCUT2D eigenvalue weighted by molar-refractivity contribution is 6.00. The van der Waals surface area contributed by atoms with Gasteiger partial charge in [-0.1, -0.05) is 6.07 Å². The fourth-order valence-electron chi connectivity index (χ4n) is 2.07. The Labute approximate surface area is 139 Å². The molecular weight excluding hydrogens is 306 g/mol. The van der Waals surface area contributed by atoms with Gasteiger partial charge in [-0.25, -0.2) is 14.5 Å². The number of anilines is 2. The van der Waals surface area contributed by atoms with Crippen LogP contribution in [0.15, 0.2) is 42.9 Å². The Hall–Kier alpha value is -3.16. The fourth-order valence-corrected chi connectivity index (χ4v) is 2.07. The van der Waals surface area contributed by atoms with Crippen LogP contribution in [0.3, 0.4) is 0 Å².